The van der Waals surface area contributed by atoms with E-state index in [-0.39, 0.29) is 17.6 Å². The van der Waals surface area contributed by atoms with Gasteiger partial charge in [-0.25, -0.2) is 0 Å². The monoisotopic (exact) mass is 227 g/mol. The maximum atomic E-state index is 12.0. The molecule has 1 unspecified atom stereocenters. The van der Waals surface area contributed by atoms with Crippen LogP contribution < -0.4 is 5.32 Å². The van der Waals surface area contributed by atoms with E-state index in [0.29, 0.717) is 12.0 Å². The predicted molar refractivity (Wildman–Crippen MR) is 64.8 cm³/mol. The quantitative estimate of drug-likeness (QED) is 0.800. The number of benzene rings is 1. The summed E-state index contributed by atoms with van der Waals surface area (Å²) in [6, 6.07) is 7.58. The van der Waals surface area contributed by atoms with E-state index in [9.17, 15) is 9.59 Å². The molecule has 1 heterocycles. The van der Waals surface area contributed by atoms with Crippen LogP contribution in [0.2, 0.25) is 0 Å². The third kappa shape index (κ3) is 1.58. The molecule has 1 aromatic carbocycles. The lowest BCUT2D eigenvalue weighted by molar-refractivity contribution is -0.120. The summed E-state index contributed by atoms with van der Waals surface area (Å²) in [5.74, 6) is -0.347. The summed E-state index contributed by atoms with van der Waals surface area (Å²) in [5, 5.41) is 2.83. The van der Waals surface area contributed by atoms with Crippen LogP contribution in [0.15, 0.2) is 35.9 Å². The van der Waals surface area contributed by atoms with Crippen LogP contribution in [0, 0.1) is 0 Å². The molecule has 1 aromatic rings. The van der Waals surface area contributed by atoms with Gasteiger partial charge < -0.3 is 5.32 Å². The SMILES string of the molecule is O=C1CCCC=C1C1C(=O)Nc2ccccc21. The molecule has 3 rings (SSSR count). The lowest BCUT2D eigenvalue weighted by Gasteiger charge is -2.16. The van der Waals surface area contributed by atoms with E-state index in [0.717, 1.165) is 24.1 Å². The molecule has 3 heteroatoms. The Morgan fingerprint density at radius 2 is 2.00 bits per heavy atom. The van der Waals surface area contributed by atoms with Crippen LogP contribution in [0.5, 0.6) is 0 Å². The zero-order valence-electron chi connectivity index (χ0n) is 9.40. The van der Waals surface area contributed by atoms with Gasteiger partial charge in [0.15, 0.2) is 5.78 Å². The molecule has 1 atom stereocenters. The first-order chi connectivity index (χ1) is 8.27. The fourth-order valence-corrected chi connectivity index (χ4v) is 2.57. The zero-order valence-corrected chi connectivity index (χ0v) is 9.40. The molecule has 1 aliphatic carbocycles. The van der Waals surface area contributed by atoms with Crippen molar-refractivity contribution in [3.8, 4) is 0 Å². The van der Waals surface area contributed by atoms with E-state index >= 15 is 0 Å². The number of hydrogen-bond acceptors (Lipinski definition) is 2. The van der Waals surface area contributed by atoms with Crippen LogP contribution in [-0.4, -0.2) is 11.7 Å². The Labute approximate surface area is 99.5 Å². The van der Waals surface area contributed by atoms with Crippen molar-refractivity contribution in [2.45, 2.75) is 25.2 Å². The van der Waals surface area contributed by atoms with E-state index in [4.69, 9.17) is 0 Å². The van der Waals surface area contributed by atoms with E-state index < -0.39 is 0 Å². The molecule has 0 saturated carbocycles. The highest BCUT2D eigenvalue weighted by molar-refractivity contribution is 6.12. The number of Topliss-reactive ketones (excluding diaryl/α,β-unsaturated/α-hetero) is 1. The molecule has 0 fully saturated rings. The van der Waals surface area contributed by atoms with Crippen LogP contribution in [-0.2, 0) is 9.59 Å². The maximum absolute atomic E-state index is 12.0. The van der Waals surface area contributed by atoms with Gasteiger partial charge in [-0.05, 0) is 24.5 Å². The van der Waals surface area contributed by atoms with Crippen molar-refractivity contribution in [3.05, 3.63) is 41.5 Å². The van der Waals surface area contributed by atoms with Gasteiger partial charge in [-0.15, -0.1) is 0 Å². The number of fused-ring (bicyclic) bond motifs is 1. The Morgan fingerprint density at radius 3 is 2.82 bits per heavy atom. The summed E-state index contributed by atoms with van der Waals surface area (Å²) >= 11 is 0. The molecular weight excluding hydrogens is 214 g/mol. The Balaban J connectivity index is 2.06. The summed E-state index contributed by atoms with van der Waals surface area (Å²) in [6.07, 6.45) is 4.29. The number of carbonyl (C=O) groups is 2. The number of nitrogens with one attached hydrogen (secondary N) is 1. The molecule has 3 nitrogen and oxygen atoms in total. The van der Waals surface area contributed by atoms with Crippen molar-refractivity contribution >= 4 is 17.4 Å². The molecule has 0 saturated heterocycles. The first kappa shape index (κ1) is 10.3. The highest BCUT2D eigenvalue weighted by Crippen LogP contribution is 2.39. The van der Waals surface area contributed by atoms with Gasteiger partial charge >= 0.3 is 0 Å². The second kappa shape index (κ2) is 3.84. The molecule has 0 aromatic heterocycles. The molecule has 1 amide bonds. The topological polar surface area (TPSA) is 46.2 Å². The minimum Gasteiger partial charge on any atom is -0.325 e. The van der Waals surface area contributed by atoms with E-state index in [1.54, 1.807) is 0 Å². The molecule has 17 heavy (non-hydrogen) atoms. The first-order valence-electron chi connectivity index (χ1n) is 5.90. The van der Waals surface area contributed by atoms with Crippen LogP contribution >= 0.6 is 0 Å². The Bertz CT molecular complexity index is 531. The van der Waals surface area contributed by atoms with Gasteiger partial charge in [0, 0.05) is 17.7 Å². The first-order valence-corrected chi connectivity index (χ1v) is 5.90. The molecule has 0 radical (unpaired) electrons. The third-order valence-electron chi connectivity index (χ3n) is 3.40. The van der Waals surface area contributed by atoms with Crippen molar-refractivity contribution < 1.29 is 9.59 Å². The summed E-state index contributed by atoms with van der Waals surface area (Å²) in [7, 11) is 0. The zero-order chi connectivity index (χ0) is 11.8. The molecule has 1 N–H and O–H groups in total. The molecule has 86 valence electrons. The molecular formula is C14H13NO2. The van der Waals surface area contributed by atoms with Gasteiger partial charge in [-0.3, -0.25) is 9.59 Å². The van der Waals surface area contributed by atoms with Crippen LogP contribution in [0.1, 0.15) is 30.7 Å². The third-order valence-corrected chi connectivity index (χ3v) is 3.40. The largest absolute Gasteiger partial charge is 0.325 e. The lowest BCUT2D eigenvalue weighted by atomic mass is 9.84. The average Bonchev–Trinajstić information content (AvgIpc) is 2.66. The van der Waals surface area contributed by atoms with Gasteiger partial charge in [-0.2, -0.15) is 0 Å². The fraction of sp³-hybridized carbons (Fsp3) is 0.286. The highest BCUT2D eigenvalue weighted by atomic mass is 16.2. The van der Waals surface area contributed by atoms with Crippen molar-refractivity contribution in [3.63, 3.8) is 0 Å². The smallest absolute Gasteiger partial charge is 0.236 e. The maximum Gasteiger partial charge on any atom is 0.236 e. The number of rotatable bonds is 1. The lowest BCUT2D eigenvalue weighted by Crippen LogP contribution is -2.20. The number of hydrogen-bond donors (Lipinski definition) is 1. The normalized spacial score (nSPS) is 23.1. The number of allylic oxidation sites excluding steroid dienone is 1. The number of ketones is 1. The Morgan fingerprint density at radius 1 is 1.18 bits per heavy atom. The minimum absolute atomic E-state index is 0.0762. The predicted octanol–water partition coefficient (Wildman–Crippen LogP) is 2.40. The summed E-state index contributed by atoms with van der Waals surface area (Å²) in [4.78, 5) is 23.9. The number of carbonyl (C=O) groups excluding carboxylic acids is 2. The van der Waals surface area contributed by atoms with Gasteiger partial charge in [0.25, 0.3) is 0 Å². The minimum atomic E-state index is -0.390. The van der Waals surface area contributed by atoms with Crippen molar-refractivity contribution in [2.24, 2.45) is 0 Å². The standard InChI is InChI=1S/C14H13NO2/c16-12-8-4-2-6-10(12)13-9-5-1-3-7-11(9)15-14(13)17/h1,3,5-7,13H,2,4,8H2,(H,15,17). The van der Waals surface area contributed by atoms with Gasteiger partial charge in [0.2, 0.25) is 5.91 Å². The Kier molecular flexibility index (Phi) is 2.32. The number of anilines is 1. The summed E-state index contributed by atoms with van der Waals surface area (Å²) < 4.78 is 0. The molecule has 0 spiro atoms. The average molecular weight is 227 g/mol. The van der Waals surface area contributed by atoms with Gasteiger partial charge in [0.05, 0.1) is 5.92 Å². The van der Waals surface area contributed by atoms with Crippen LogP contribution in [0.25, 0.3) is 0 Å². The van der Waals surface area contributed by atoms with Crippen molar-refractivity contribution in [1.82, 2.24) is 0 Å². The second-order valence-electron chi connectivity index (χ2n) is 4.48. The van der Waals surface area contributed by atoms with Crippen LogP contribution in [0.3, 0.4) is 0 Å². The summed E-state index contributed by atoms with van der Waals surface area (Å²) in [5.41, 5.74) is 2.44. The fourth-order valence-electron chi connectivity index (χ4n) is 2.57. The van der Waals surface area contributed by atoms with E-state index in [1.807, 2.05) is 30.3 Å². The van der Waals surface area contributed by atoms with Gasteiger partial charge in [0.1, 0.15) is 0 Å². The summed E-state index contributed by atoms with van der Waals surface area (Å²) in [6.45, 7) is 0. The molecule has 1 aliphatic heterocycles. The highest BCUT2D eigenvalue weighted by Gasteiger charge is 2.36. The van der Waals surface area contributed by atoms with Crippen molar-refractivity contribution in [1.29, 1.82) is 0 Å². The van der Waals surface area contributed by atoms with Crippen LogP contribution in [0.4, 0.5) is 5.69 Å². The molecule has 0 bridgehead atoms. The van der Waals surface area contributed by atoms with E-state index in [1.165, 1.54) is 0 Å². The van der Waals surface area contributed by atoms with Gasteiger partial charge in [-0.1, -0.05) is 24.3 Å². The van der Waals surface area contributed by atoms with E-state index in [2.05, 4.69) is 5.32 Å². The van der Waals surface area contributed by atoms with Crippen molar-refractivity contribution in [2.75, 3.05) is 5.32 Å². The second-order valence-corrected chi connectivity index (χ2v) is 4.48. The number of para-hydroxylation sites is 1. The molecule has 2 aliphatic rings. The number of amides is 1. The Hall–Kier alpha value is -1.90.